The lowest BCUT2D eigenvalue weighted by Crippen LogP contribution is -2.63. The van der Waals surface area contributed by atoms with Crippen LogP contribution >= 0.6 is 0 Å². The molecule has 0 aromatic heterocycles. The molecule has 6 nitrogen and oxygen atoms in total. The number of rotatable bonds is 5. The highest BCUT2D eigenvalue weighted by Gasteiger charge is 2.67. The molecule has 2 saturated heterocycles. The summed E-state index contributed by atoms with van der Waals surface area (Å²) in [5.74, 6) is 0.537. The van der Waals surface area contributed by atoms with Crippen LogP contribution in [0.25, 0.3) is 0 Å². The number of carbonyl (C=O) groups is 1. The van der Waals surface area contributed by atoms with Gasteiger partial charge in [0.05, 0.1) is 32.4 Å². The Kier molecular flexibility index (Phi) is 4.40. The quantitative estimate of drug-likeness (QED) is 0.595. The van der Waals surface area contributed by atoms with Crippen molar-refractivity contribution < 1.29 is 19.4 Å². The van der Waals surface area contributed by atoms with Crippen LogP contribution in [0.1, 0.15) is 31.2 Å². The van der Waals surface area contributed by atoms with Crippen molar-refractivity contribution in [2.24, 2.45) is 5.41 Å². The fourth-order valence-electron chi connectivity index (χ4n) is 7.04. The Labute approximate surface area is 177 Å². The Morgan fingerprint density at radius 3 is 2.90 bits per heavy atom. The zero-order chi connectivity index (χ0) is 21.1. The first-order chi connectivity index (χ1) is 14.5. The number of fused-ring (bicyclic) bond motifs is 1. The fourth-order valence-corrected chi connectivity index (χ4v) is 7.04. The first-order valence-corrected chi connectivity index (χ1v) is 10.8. The highest BCUT2D eigenvalue weighted by Crippen LogP contribution is 2.65. The lowest BCUT2D eigenvalue weighted by Gasteiger charge is -2.55. The summed E-state index contributed by atoms with van der Waals surface area (Å²) in [6.07, 6.45) is 9.99. The molecule has 3 aliphatic heterocycles. The van der Waals surface area contributed by atoms with E-state index in [9.17, 15) is 9.90 Å². The highest BCUT2D eigenvalue weighted by molar-refractivity contribution is 5.78. The SMILES string of the molecule is C=CCN1c2c(ccc(O)c2OC)[C@]23CCN4CCC[C@](CC(=O)OC)(C=C[C@@H]12)[C@@H]43. The first-order valence-electron chi connectivity index (χ1n) is 10.8. The van der Waals surface area contributed by atoms with Crippen molar-refractivity contribution in [1.82, 2.24) is 4.90 Å². The molecule has 1 aliphatic carbocycles. The average Bonchev–Trinajstić information content (AvgIpc) is 3.26. The molecule has 0 bridgehead atoms. The van der Waals surface area contributed by atoms with Crippen molar-refractivity contribution in [3.63, 3.8) is 0 Å². The van der Waals surface area contributed by atoms with Gasteiger partial charge >= 0.3 is 5.97 Å². The van der Waals surface area contributed by atoms with E-state index in [0.29, 0.717) is 18.7 Å². The number of nitrogens with zero attached hydrogens (tertiary/aromatic N) is 2. The lowest BCUT2D eigenvalue weighted by atomic mass is 9.55. The summed E-state index contributed by atoms with van der Waals surface area (Å²) in [7, 11) is 3.09. The summed E-state index contributed by atoms with van der Waals surface area (Å²) in [4.78, 5) is 17.4. The van der Waals surface area contributed by atoms with Crippen LogP contribution in [0.5, 0.6) is 11.5 Å². The first kappa shape index (κ1) is 19.5. The normalized spacial score (nSPS) is 33.6. The van der Waals surface area contributed by atoms with Gasteiger partial charge in [-0.05, 0) is 44.0 Å². The van der Waals surface area contributed by atoms with E-state index < -0.39 is 0 Å². The summed E-state index contributed by atoms with van der Waals surface area (Å²) in [6, 6.07) is 4.19. The Balaban J connectivity index is 1.75. The second-order valence-corrected chi connectivity index (χ2v) is 9.08. The topological polar surface area (TPSA) is 62.2 Å². The Morgan fingerprint density at radius 1 is 1.33 bits per heavy atom. The maximum atomic E-state index is 12.5. The van der Waals surface area contributed by atoms with Crippen LogP contribution in [0, 0.1) is 5.41 Å². The van der Waals surface area contributed by atoms with Crippen molar-refractivity contribution >= 4 is 11.7 Å². The number of anilines is 1. The molecule has 1 aromatic carbocycles. The highest BCUT2D eigenvalue weighted by atomic mass is 16.5. The van der Waals surface area contributed by atoms with Gasteiger partial charge in [0.25, 0.3) is 0 Å². The van der Waals surface area contributed by atoms with Crippen molar-refractivity contribution in [3.05, 3.63) is 42.5 Å². The summed E-state index contributed by atoms with van der Waals surface area (Å²) >= 11 is 0. The second-order valence-electron chi connectivity index (χ2n) is 9.08. The van der Waals surface area contributed by atoms with E-state index in [1.807, 2.05) is 6.08 Å². The molecule has 5 rings (SSSR count). The van der Waals surface area contributed by atoms with Crippen LogP contribution in [0.3, 0.4) is 0 Å². The molecule has 0 saturated carbocycles. The molecule has 2 fully saturated rings. The third kappa shape index (κ3) is 2.31. The van der Waals surface area contributed by atoms with Crippen LogP contribution in [-0.4, -0.2) is 61.9 Å². The minimum atomic E-state index is -0.231. The minimum absolute atomic E-state index is 0.139. The Morgan fingerprint density at radius 2 is 2.17 bits per heavy atom. The molecule has 1 spiro atoms. The number of phenols is 1. The van der Waals surface area contributed by atoms with Gasteiger partial charge in [0.2, 0.25) is 0 Å². The number of hydrogen-bond acceptors (Lipinski definition) is 6. The molecule has 0 unspecified atom stereocenters. The fraction of sp³-hybridized carbons (Fsp3) is 0.542. The maximum Gasteiger partial charge on any atom is 0.306 e. The Bertz CT molecular complexity index is 928. The smallest absolute Gasteiger partial charge is 0.306 e. The number of esters is 1. The summed E-state index contributed by atoms with van der Waals surface area (Å²) in [5.41, 5.74) is 1.80. The number of methoxy groups -OCH3 is 2. The number of carbonyl (C=O) groups excluding carboxylic acids is 1. The van der Waals surface area contributed by atoms with Gasteiger partial charge in [-0.2, -0.15) is 0 Å². The van der Waals surface area contributed by atoms with Crippen molar-refractivity contribution in [2.75, 3.05) is 38.8 Å². The second kappa shape index (κ2) is 6.77. The molecule has 4 atom stereocenters. The summed E-state index contributed by atoms with van der Waals surface area (Å²) in [6.45, 7) is 6.71. The molecule has 3 heterocycles. The van der Waals surface area contributed by atoms with Crippen LogP contribution in [-0.2, 0) is 14.9 Å². The van der Waals surface area contributed by atoms with Crippen molar-refractivity contribution in [2.45, 2.75) is 43.2 Å². The molecule has 160 valence electrons. The van der Waals surface area contributed by atoms with Crippen molar-refractivity contribution in [1.29, 1.82) is 0 Å². The lowest BCUT2D eigenvalue weighted by molar-refractivity contribution is -0.145. The maximum absolute atomic E-state index is 12.5. The number of phenolic OH excluding ortho intramolecular Hbond substituents is 1. The third-order valence-corrected chi connectivity index (χ3v) is 7.90. The number of piperidine rings is 1. The van der Waals surface area contributed by atoms with Crippen LogP contribution in [0.15, 0.2) is 36.9 Å². The van der Waals surface area contributed by atoms with Gasteiger partial charge in [-0.1, -0.05) is 24.3 Å². The number of aromatic hydroxyl groups is 1. The van der Waals surface area contributed by atoms with Gasteiger partial charge in [-0.3, -0.25) is 9.69 Å². The molecule has 0 amide bonds. The van der Waals surface area contributed by atoms with Gasteiger partial charge in [0, 0.05) is 23.4 Å². The molecule has 1 aromatic rings. The minimum Gasteiger partial charge on any atom is -0.504 e. The number of hydrogen-bond donors (Lipinski definition) is 1. The standard InChI is InChI=1S/C24H30N2O4/c1-4-12-26-18-8-10-23(15-19(28)29-2)9-5-13-25-14-11-24(18,22(23)25)16-6-7-17(27)21(30-3)20(16)26/h4,6-8,10,18,22,27H,1,5,9,11-15H2,2-3H3/t18-,22-,23-,24-/m1/s1. The predicted octanol–water partition coefficient (Wildman–Crippen LogP) is 3.00. The molecular weight excluding hydrogens is 380 g/mol. The summed E-state index contributed by atoms with van der Waals surface area (Å²) in [5, 5.41) is 10.5. The number of ether oxygens (including phenoxy) is 2. The van der Waals surface area contributed by atoms with E-state index in [2.05, 4.69) is 34.6 Å². The van der Waals surface area contributed by atoms with Gasteiger partial charge in [-0.15, -0.1) is 6.58 Å². The molecule has 4 aliphatic rings. The zero-order valence-electron chi connectivity index (χ0n) is 17.8. The van der Waals surface area contributed by atoms with Crippen LogP contribution in [0.2, 0.25) is 0 Å². The third-order valence-electron chi connectivity index (χ3n) is 7.90. The van der Waals surface area contributed by atoms with Crippen LogP contribution in [0.4, 0.5) is 5.69 Å². The van der Waals surface area contributed by atoms with Gasteiger partial charge in [0.1, 0.15) is 0 Å². The summed E-state index contributed by atoms with van der Waals surface area (Å²) < 4.78 is 10.8. The average molecular weight is 411 g/mol. The van der Waals surface area contributed by atoms with Gasteiger partial charge in [0.15, 0.2) is 11.5 Å². The van der Waals surface area contributed by atoms with Crippen molar-refractivity contribution in [3.8, 4) is 11.5 Å². The van der Waals surface area contributed by atoms with E-state index in [-0.39, 0.29) is 34.6 Å². The van der Waals surface area contributed by atoms with E-state index in [1.165, 1.54) is 12.7 Å². The van der Waals surface area contributed by atoms with Gasteiger partial charge < -0.3 is 19.5 Å². The zero-order valence-corrected chi connectivity index (χ0v) is 17.8. The van der Waals surface area contributed by atoms with E-state index in [4.69, 9.17) is 9.47 Å². The monoisotopic (exact) mass is 410 g/mol. The molecule has 30 heavy (non-hydrogen) atoms. The van der Waals surface area contributed by atoms with E-state index >= 15 is 0 Å². The van der Waals surface area contributed by atoms with Crippen LogP contribution < -0.4 is 9.64 Å². The number of benzene rings is 1. The molecular formula is C24H30N2O4. The molecule has 1 N–H and O–H groups in total. The predicted molar refractivity (Wildman–Crippen MR) is 115 cm³/mol. The molecule has 6 heteroatoms. The largest absolute Gasteiger partial charge is 0.504 e. The van der Waals surface area contributed by atoms with E-state index in [1.54, 1.807) is 13.2 Å². The van der Waals surface area contributed by atoms with Gasteiger partial charge in [-0.25, -0.2) is 0 Å². The Hall–Kier alpha value is -2.47. The van der Waals surface area contributed by atoms with E-state index in [0.717, 1.165) is 38.0 Å². The molecule has 0 radical (unpaired) electrons.